The van der Waals surface area contributed by atoms with Gasteiger partial charge in [0.05, 0.1) is 21.2 Å². The van der Waals surface area contributed by atoms with E-state index in [1.165, 1.54) is 0 Å². The van der Waals surface area contributed by atoms with Crippen molar-refractivity contribution < 1.29 is 19.2 Å². The number of hydrogen-bond donors (Lipinski definition) is 1. The highest BCUT2D eigenvalue weighted by atomic mass is 35.5. The molecular weight excluding hydrogens is 511 g/mol. The van der Waals surface area contributed by atoms with Crippen molar-refractivity contribution in [2.24, 2.45) is 5.92 Å². The Morgan fingerprint density at radius 3 is 2.62 bits per heavy atom. The van der Waals surface area contributed by atoms with Crippen molar-refractivity contribution >= 4 is 34.9 Å². The van der Waals surface area contributed by atoms with E-state index in [0.717, 1.165) is 34.7 Å². The molecule has 1 N–H and O–H groups in total. The lowest BCUT2D eigenvalue weighted by atomic mass is 9.95. The van der Waals surface area contributed by atoms with Gasteiger partial charge >= 0.3 is 5.97 Å². The van der Waals surface area contributed by atoms with E-state index >= 15 is 0 Å². The van der Waals surface area contributed by atoms with Crippen LogP contribution in [0.4, 0.5) is 5.69 Å². The molecule has 0 radical (unpaired) electrons. The van der Waals surface area contributed by atoms with Gasteiger partial charge in [-0.2, -0.15) is 0 Å². The number of aromatic nitrogens is 1. The molecule has 0 fully saturated rings. The molecule has 194 valence electrons. The third-order valence-corrected chi connectivity index (χ3v) is 7.04. The van der Waals surface area contributed by atoms with Crippen LogP contribution in [-0.2, 0) is 11.4 Å². The van der Waals surface area contributed by atoms with Crippen LogP contribution in [0.15, 0.2) is 64.7 Å². The van der Waals surface area contributed by atoms with Gasteiger partial charge in [0.15, 0.2) is 0 Å². The second kappa shape index (κ2) is 11.4. The minimum absolute atomic E-state index is 0.101. The van der Waals surface area contributed by atoms with Crippen molar-refractivity contribution in [3.05, 3.63) is 87.1 Å². The molecule has 1 aliphatic rings. The van der Waals surface area contributed by atoms with Gasteiger partial charge in [-0.05, 0) is 55.2 Å². The predicted octanol–water partition coefficient (Wildman–Crippen LogP) is 7.68. The summed E-state index contributed by atoms with van der Waals surface area (Å²) in [5.74, 6) is 0.790. The Bertz CT molecular complexity index is 1340. The summed E-state index contributed by atoms with van der Waals surface area (Å²) in [6, 6.07) is 11.3. The molecular formula is C29H30Cl2N2O4. The second-order valence-corrected chi connectivity index (χ2v) is 10.4. The number of nitrogens with zero attached hydrogens (tertiary/aromatic N) is 2. The average Bonchev–Trinajstić information content (AvgIpc) is 3.26. The molecule has 2 aromatic carbocycles. The summed E-state index contributed by atoms with van der Waals surface area (Å²) in [6.45, 7) is 7.06. The van der Waals surface area contributed by atoms with Crippen LogP contribution in [0.25, 0.3) is 11.3 Å². The van der Waals surface area contributed by atoms with Gasteiger partial charge in [-0.3, -0.25) is 0 Å². The van der Waals surface area contributed by atoms with Gasteiger partial charge in [-0.1, -0.05) is 66.5 Å². The molecule has 0 amide bonds. The number of aryl methyl sites for hydroxylation is 1. The Morgan fingerprint density at radius 1 is 1.24 bits per heavy atom. The third-order valence-electron chi connectivity index (χ3n) is 6.41. The molecule has 0 saturated carbocycles. The van der Waals surface area contributed by atoms with E-state index in [2.05, 4.69) is 10.1 Å². The number of hydrogen-bond acceptors (Lipinski definition) is 5. The lowest BCUT2D eigenvalue weighted by Crippen LogP contribution is -2.26. The zero-order valence-electron chi connectivity index (χ0n) is 21.3. The molecule has 1 unspecified atom stereocenters. The number of carbonyl (C=O) groups is 1. The number of carboxylic acids is 1. The molecule has 8 heteroatoms. The van der Waals surface area contributed by atoms with Crippen molar-refractivity contribution in [1.82, 2.24) is 5.16 Å². The molecule has 0 saturated heterocycles. The Kier molecular flexibility index (Phi) is 8.30. The summed E-state index contributed by atoms with van der Waals surface area (Å²) >= 11 is 12.9. The van der Waals surface area contributed by atoms with E-state index in [4.69, 9.17) is 32.5 Å². The number of allylic oxidation sites excluding steroid dienone is 1. The molecule has 0 aliphatic heterocycles. The first-order chi connectivity index (χ1) is 17.7. The zero-order chi connectivity index (χ0) is 26.7. The lowest BCUT2D eigenvalue weighted by molar-refractivity contribution is -0.132. The molecule has 0 spiro atoms. The van der Waals surface area contributed by atoms with Gasteiger partial charge in [0.1, 0.15) is 23.8 Å². The van der Waals surface area contributed by atoms with Crippen LogP contribution < -0.4 is 9.64 Å². The van der Waals surface area contributed by atoms with Gasteiger partial charge in [0, 0.05) is 30.8 Å². The van der Waals surface area contributed by atoms with Crippen molar-refractivity contribution in [1.29, 1.82) is 0 Å². The Balaban J connectivity index is 1.51. The smallest absolute Gasteiger partial charge is 0.335 e. The number of aliphatic carboxylic acids is 1. The minimum atomic E-state index is -0.894. The Morgan fingerprint density at radius 2 is 1.97 bits per heavy atom. The first-order valence-electron chi connectivity index (χ1n) is 12.1. The topological polar surface area (TPSA) is 75.8 Å². The monoisotopic (exact) mass is 540 g/mol. The zero-order valence-corrected chi connectivity index (χ0v) is 22.8. The van der Waals surface area contributed by atoms with E-state index in [9.17, 15) is 9.90 Å². The molecule has 3 aromatic rings. The van der Waals surface area contributed by atoms with E-state index in [1.54, 1.807) is 24.3 Å². The number of benzene rings is 2. The maximum Gasteiger partial charge on any atom is 0.335 e. The second-order valence-electron chi connectivity index (χ2n) is 9.57. The third kappa shape index (κ3) is 6.03. The van der Waals surface area contributed by atoms with Gasteiger partial charge in [-0.25, -0.2) is 4.79 Å². The molecule has 4 rings (SSSR count). The highest BCUT2D eigenvalue weighted by Gasteiger charge is 2.24. The van der Waals surface area contributed by atoms with Gasteiger partial charge < -0.3 is 19.3 Å². The summed E-state index contributed by atoms with van der Waals surface area (Å²) < 4.78 is 11.9. The SMILES string of the molecule is Cc1cc(OCc2c(-c3c(Cl)cccc3Cl)noc2C(C)C)ccc1N(C)CC1C=C(C(=O)O)C=CC1. The number of carboxylic acid groups (broad SMARTS) is 1. The molecule has 1 heterocycles. The maximum absolute atomic E-state index is 11.3. The summed E-state index contributed by atoms with van der Waals surface area (Å²) in [4.78, 5) is 13.5. The van der Waals surface area contributed by atoms with Crippen LogP contribution >= 0.6 is 23.2 Å². The fourth-order valence-electron chi connectivity index (χ4n) is 4.60. The predicted molar refractivity (Wildman–Crippen MR) is 148 cm³/mol. The van der Waals surface area contributed by atoms with Crippen molar-refractivity contribution in [2.75, 3.05) is 18.5 Å². The van der Waals surface area contributed by atoms with Crippen molar-refractivity contribution in [3.8, 4) is 17.0 Å². The Labute approximate surface area is 227 Å². The molecule has 0 bridgehead atoms. The first-order valence-corrected chi connectivity index (χ1v) is 12.9. The number of anilines is 1. The minimum Gasteiger partial charge on any atom is -0.489 e. The van der Waals surface area contributed by atoms with Gasteiger partial charge in [0.2, 0.25) is 0 Å². The number of halogens is 2. The van der Waals surface area contributed by atoms with Crippen LogP contribution in [0.1, 0.15) is 43.1 Å². The number of ether oxygens (including phenoxy) is 1. The largest absolute Gasteiger partial charge is 0.489 e. The van der Waals surface area contributed by atoms with Crippen LogP contribution in [0, 0.1) is 12.8 Å². The van der Waals surface area contributed by atoms with E-state index < -0.39 is 5.97 Å². The van der Waals surface area contributed by atoms with Crippen LogP contribution in [0.2, 0.25) is 10.0 Å². The van der Waals surface area contributed by atoms with Crippen molar-refractivity contribution in [3.63, 3.8) is 0 Å². The Hall–Kier alpha value is -3.22. The highest BCUT2D eigenvalue weighted by molar-refractivity contribution is 6.39. The fourth-order valence-corrected chi connectivity index (χ4v) is 5.18. The normalized spacial score (nSPS) is 15.1. The fraction of sp³-hybridized carbons (Fsp3) is 0.310. The highest BCUT2D eigenvalue weighted by Crippen LogP contribution is 2.39. The quantitative estimate of drug-likeness (QED) is 0.300. The van der Waals surface area contributed by atoms with Gasteiger partial charge in [-0.15, -0.1) is 0 Å². The van der Waals surface area contributed by atoms with E-state index in [1.807, 2.05) is 58.2 Å². The van der Waals surface area contributed by atoms with Crippen LogP contribution in [0.3, 0.4) is 0 Å². The maximum atomic E-state index is 11.3. The number of rotatable bonds is 9. The van der Waals surface area contributed by atoms with Gasteiger partial charge in [0.25, 0.3) is 0 Å². The summed E-state index contributed by atoms with van der Waals surface area (Å²) in [5, 5.41) is 14.6. The summed E-state index contributed by atoms with van der Waals surface area (Å²) in [5.41, 5.74) is 4.49. The molecule has 37 heavy (non-hydrogen) atoms. The summed E-state index contributed by atoms with van der Waals surface area (Å²) in [6.07, 6.45) is 6.24. The average molecular weight is 541 g/mol. The van der Waals surface area contributed by atoms with Crippen LogP contribution in [-0.4, -0.2) is 29.8 Å². The molecule has 1 aromatic heterocycles. The molecule has 1 atom stereocenters. The first kappa shape index (κ1) is 26.8. The lowest BCUT2D eigenvalue weighted by Gasteiger charge is -2.26. The summed E-state index contributed by atoms with van der Waals surface area (Å²) in [7, 11) is 2.02. The van der Waals surface area contributed by atoms with Crippen molar-refractivity contribution in [2.45, 2.75) is 39.7 Å². The molecule has 1 aliphatic carbocycles. The van der Waals surface area contributed by atoms with Crippen LogP contribution in [0.5, 0.6) is 5.75 Å². The molecule has 6 nitrogen and oxygen atoms in total. The van der Waals surface area contributed by atoms with E-state index in [0.29, 0.717) is 33.4 Å². The van der Waals surface area contributed by atoms with E-state index in [-0.39, 0.29) is 18.4 Å². The standard InChI is InChI=1S/C29H30Cl2N2O4/c1-17(2)28-22(27(32-37-28)26-23(30)9-6-10-24(26)31)16-36-21-11-12-25(18(3)13-21)33(4)15-19-7-5-8-20(14-19)29(34)35/h5-6,8-14,17,19H,7,15-16H2,1-4H3,(H,34,35).